The maximum Gasteiger partial charge on any atom is 0.255 e. The topological polar surface area (TPSA) is 95.7 Å². The summed E-state index contributed by atoms with van der Waals surface area (Å²) in [5.74, 6) is 0.663. The number of carbonyl (C=O) groups is 3. The summed E-state index contributed by atoms with van der Waals surface area (Å²) in [7, 11) is 0. The summed E-state index contributed by atoms with van der Waals surface area (Å²) in [5, 5.41) is 2.35. The van der Waals surface area contributed by atoms with Crippen LogP contribution in [0, 0.1) is 11.8 Å². The molecule has 3 fully saturated rings. The van der Waals surface area contributed by atoms with Gasteiger partial charge < -0.3 is 10.6 Å². The van der Waals surface area contributed by atoms with Crippen molar-refractivity contribution in [2.75, 3.05) is 13.1 Å². The molecule has 4 aliphatic rings. The first kappa shape index (κ1) is 18.8. The molecule has 7 nitrogen and oxygen atoms in total. The number of amides is 3. The molecule has 2 saturated heterocycles. The van der Waals surface area contributed by atoms with Gasteiger partial charge in [0.1, 0.15) is 6.04 Å². The van der Waals surface area contributed by atoms with Crippen molar-refractivity contribution in [3.05, 3.63) is 34.9 Å². The lowest BCUT2D eigenvalue weighted by atomic mass is 9.85. The van der Waals surface area contributed by atoms with E-state index in [1.165, 1.54) is 24.8 Å². The van der Waals surface area contributed by atoms with Crippen LogP contribution in [-0.4, -0.2) is 52.7 Å². The molecule has 7 heteroatoms. The lowest BCUT2D eigenvalue weighted by Crippen LogP contribution is -2.52. The van der Waals surface area contributed by atoms with E-state index in [4.69, 9.17) is 5.73 Å². The lowest BCUT2D eigenvalue weighted by Gasteiger charge is -2.39. The fourth-order valence-corrected chi connectivity index (χ4v) is 5.81. The number of nitrogens with two attached hydrogens (primary N) is 1. The maximum atomic E-state index is 12.8. The second-order valence-corrected chi connectivity index (χ2v) is 9.10. The van der Waals surface area contributed by atoms with Crippen molar-refractivity contribution in [1.29, 1.82) is 0 Å². The molecule has 3 amide bonds. The number of likely N-dealkylation sites (tertiary alicyclic amines) is 1. The van der Waals surface area contributed by atoms with Crippen LogP contribution >= 0.6 is 0 Å². The van der Waals surface area contributed by atoms with Gasteiger partial charge in [0.2, 0.25) is 11.8 Å². The van der Waals surface area contributed by atoms with Crippen molar-refractivity contribution in [3.63, 3.8) is 0 Å². The van der Waals surface area contributed by atoms with Gasteiger partial charge in [-0.05, 0) is 48.3 Å². The van der Waals surface area contributed by atoms with Crippen LogP contribution in [0.3, 0.4) is 0 Å². The summed E-state index contributed by atoms with van der Waals surface area (Å²) in [6, 6.07) is 5.72. The van der Waals surface area contributed by atoms with E-state index >= 15 is 0 Å². The third-order valence-corrected chi connectivity index (χ3v) is 7.22. The molecule has 3 heterocycles. The van der Waals surface area contributed by atoms with Gasteiger partial charge in [-0.15, -0.1) is 0 Å². The predicted octanol–water partition coefficient (Wildman–Crippen LogP) is 1.01. The Morgan fingerprint density at radius 2 is 1.97 bits per heavy atom. The number of carbonyl (C=O) groups excluding carboxylic acids is 3. The fourth-order valence-electron chi connectivity index (χ4n) is 5.81. The molecule has 1 aromatic carbocycles. The van der Waals surface area contributed by atoms with Crippen LogP contribution in [0.5, 0.6) is 0 Å². The molecule has 0 aromatic heterocycles. The van der Waals surface area contributed by atoms with Gasteiger partial charge in [0.05, 0.1) is 0 Å². The van der Waals surface area contributed by atoms with E-state index in [9.17, 15) is 14.4 Å². The molecule has 3 N–H and O–H groups in total. The Morgan fingerprint density at radius 1 is 1.10 bits per heavy atom. The highest BCUT2D eigenvalue weighted by molar-refractivity contribution is 6.05. The SMILES string of the molecule is N[C@@H]1CN(Cc2ccc3c(c2)CN(C2CCC(=O)NC2=O)C3=O)C[C@@H]2CCC[C@@H]21. The number of hydrogen-bond acceptors (Lipinski definition) is 5. The highest BCUT2D eigenvalue weighted by atomic mass is 16.2. The van der Waals surface area contributed by atoms with E-state index in [-0.39, 0.29) is 30.2 Å². The van der Waals surface area contributed by atoms with Gasteiger partial charge in [-0.3, -0.25) is 24.6 Å². The zero-order valence-electron chi connectivity index (χ0n) is 16.6. The first-order valence-corrected chi connectivity index (χ1v) is 10.7. The summed E-state index contributed by atoms with van der Waals surface area (Å²) in [5.41, 5.74) is 9.27. The van der Waals surface area contributed by atoms with Crippen LogP contribution in [0.4, 0.5) is 0 Å². The minimum absolute atomic E-state index is 0.116. The highest BCUT2D eigenvalue weighted by Crippen LogP contribution is 2.38. The Morgan fingerprint density at radius 3 is 2.79 bits per heavy atom. The average Bonchev–Trinajstić information content (AvgIpc) is 3.27. The van der Waals surface area contributed by atoms with Gasteiger partial charge in [0, 0.05) is 44.2 Å². The third-order valence-electron chi connectivity index (χ3n) is 7.22. The van der Waals surface area contributed by atoms with Crippen molar-refractivity contribution >= 4 is 17.7 Å². The number of nitrogens with zero attached hydrogens (tertiary/aromatic N) is 2. The Labute approximate surface area is 170 Å². The second-order valence-electron chi connectivity index (χ2n) is 9.10. The van der Waals surface area contributed by atoms with E-state index in [1.54, 1.807) is 4.90 Å². The number of piperidine rings is 2. The minimum atomic E-state index is -0.560. The molecule has 0 spiro atoms. The van der Waals surface area contributed by atoms with E-state index in [1.807, 2.05) is 12.1 Å². The summed E-state index contributed by atoms with van der Waals surface area (Å²) in [6.07, 6.45) is 4.53. The van der Waals surface area contributed by atoms with E-state index in [0.29, 0.717) is 24.4 Å². The molecule has 5 rings (SSSR count). The van der Waals surface area contributed by atoms with Gasteiger partial charge >= 0.3 is 0 Å². The van der Waals surface area contributed by atoms with Crippen LogP contribution < -0.4 is 11.1 Å². The minimum Gasteiger partial charge on any atom is -0.326 e. The second kappa shape index (κ2) is 7.22. The molecule has 29 heavy (non-hydrogen) atoms. The molecule has 1 saturated carbocycles. The first-order valence-electron chi connectivity index (χ1n) is 10.7. The van der Waals surface area contributed by atoms with Gasteiger partial charge in [0.15, 0.2) is 0 Å². The Bertz CT molecular complexity index is 870. The first-order chi connectivity index (χ1) is 14.0. The molecule has 1 aromatic rings. The molecule has 0 radical (unpaired) electrons. The molecule has 4 atom stereocenters. The Hall–Kier alpha value is -2.25. The monoisotopic (exact) mass is 396 g/mol. The van der Waals surface area contributed by atoms with Crippen molar-refractivity contribution in [3.8, 4) is 0 Å². The van der Waals surface area contributed by atoms with Crippen molar-refractivity contribution in [1.82, 2.24) is 15.1 Å². The van der Waals surface area contributed by atoms with E-state index in [2.05, 4.69) is 16.3 Å². The summed E-state index contributed by atoms with van der Waals surface area (Å²) < 4.78 is 0. The largest absolute Gasteiger partial charge is 0.326 e. The summed E-state index contributed by atoms with van der Waals surface area (Å²) in [4.78, 5) is 40.5. The van der Waals surface area contributed by atoms with E-state index < -0.39 is 6.04 Å². The average molecular weight is 396 g/mol. The summed E-state index contributed by atoms with van der Waals surface area (Å²) >= 11 is 0. The molecule has 0 bridgehead atoms. The smallest absolute Gasteiger partial charge is 0.255 e. The normalized spacial score (nSPS) is 32.3. The fraction of sp³-hybridized carbons (Fsp3) is 0.591. The third kappa shape index (κ3) is 3.36. The van der Waals surface area contributed by atoms with Crippen molar-refractivity contribution in [2.45, 2.75) is 57.3 Å². The quantitative estimate of drug-likeness (QED) is 0.744. The highest BCUT2D eigenvalue weighted by Gasteiger charge is 2.40. The lowest BCUT2D eigenvalue weighted by molar-refractivity contribution is -0.136. The molecular weight excluding hydrogens is 368 g/mol. The number of benzene rings is 1. The maximum absolute atomic E-state index is 12.8. The Balaban J connectivity index is 1.29. The number of nitrogens with one attached hydrogen (secondary N) is 1. The number of imide groups is 1. The van der Waals surface area contributed by atoms with Crippen LogP contribution in [0.1, 0.15) is 53.6 Å². The van der Waals surface area contributed by atoms with Crippen LogP contribution in [0.2, 0.25) is 0 Å². The number of hydrogen-bond donors (Lipinski definition) is 2. The zero-order valence-corrected chi connectivity index (χ0v) is 16.6. The summed E-state index contributed by atoms with van der Waals surface area (Å²) in [6.45, 7) is 3.31. The zero-order chi connectivity index (χ0) is 20.1. The standard InChI is InChI=1S/C22H28N4O3/c23-18-12-25(10-14-2-1-3-16(14)18)9-13-4-5-17-15(8-13)11-26(22(17)29)19-6-7-20(27)24-21(19)28/h4-5,8,14,16,18-19H,1-3,6-7,9-12,23H2,(H,24,27,28)/t14-,16-,18+,19?/m0/s1. The van der Waals surface area contributed by atoms with Gasteiger partial charge in [-0.25, -0.2) is 0 Å². The molecule has 1 unspecified atom stereocenters. The number of rotatable bonds is 3. The molecule has 154 valence electrons. The van der Waals surface area contributed by atoms with Crippen LogP contribution in [-0.2, 0) is 22.7 Å². The van der Waals surface area contributed by atoms with Crippen molar-refractivity contribution < 1.29 is 14.4 Å². The van der Waals surface area contributed by atoms with Crippen LogP contribution in [0.25, 0.3) is 0 Å². The van der Waals surface area contributed by atoms with Gasteiger partial charge in [-0.2, -0.15) is 0 Å². The molecule has 1 aliphatic carbocycles. The number of fused-ring (bicyclic) bond motifs is 2. The molecular formula is C22H28N4O3. The van der Waals surface area contributed by atoms with Gasteiger partial charge in [-0.1, -0.05) is 18.6 Å². The molecule has 3 aliphatic heterocycles. The Kier molecular flexibility index (Phi) is 4.67. The van der Waals surface area contributed by atoms with E-state index in [0.717, 1.165) is 31.1 Å². The van der Waals surface area contributed by atoms with Crippen LogP contribution in [0.15, 0.2) is 18.2 Å². The predicted molar refractivity (Wildman–Crippen MR) is 107 cm³/mol. The van der Waals surface area contributed by atoms with Crippen molar-refractivity contribution in [2.24, 2.45) is 17.6 Å². The van der Waals surface area contributed by atoms with Gasteiger partial charge in [0.25, 0.3) is 5.91 Å².